The van der Waals surface area contributed by atoms with Crippen LogP contribution in [0, 0.1) is 6.92 Å². The van der Waals surface area contributed by atoms with Crippen LogP contribution in [0.2, 0.25) is 0 Å². The highest BCUT2D eigenvalue weighted by Gasteiger charge is 2.54. The molecule has 0 radical (unpaired) electrons. The average Bonchev–Trinajstić information content (AvgIpc) is 2.70. The zero-order valence-corrected chi connectivity index (χ0v) is 9.37. The van der Waals surface area contributed by atoms with Crippen LogP contribution in [0.5, 0.6) is 0 Å². The molecule has 0 atom stereocenters. The van der Waals surface area contributed by atoms with Gasteiger partial charge in [0.2, 0.25) is 0 Å². The molecule has 2 rings (SSSR count). The summed E-state index contributed by atoms with van der Waals surface area (Å²) < 4.78 is 0. The molecule has 1 aromatic rings. The Morgan fingerprint density at radius 3 is 2.31 bits per heavy atom. The maximum atomic E-state index is 6.24. The van der Waals surface area contributed by atoms with Crippen LogP contribution >= 0.6 is 11.3 Å². The molecule has 2 heteroatoms. The summed E-state index contributed by atoms with van der Waals surface area (Å²) in [5.74, 6) is 0. The molecule has 2 N–H and O–H groups in total. The lowest BCUT2D eigenvalue weighted by atomic mass is 9.79. The van der Waals surface area contributed by atoms with Crippen molar-refractivity contribution in [2.45, 2.75) is 44.6 Å². The molecule has 0 aliphatic heterocycles. The molecule has 0 spiro atoms. The minimum absolute atomic E-state index is 0.0706. The predicted molar refractivity (Wildman–Crippen MR) is 58.2 cm³/mol. The van der Waals surface area contributed by atoms with Crippen LogP contribution < -0.4 is 5.73 Å². The van der Waals surface area contributed by atoms with Gasteiger partial charge in [-0.2, -0.15) is 11.3 Å². The summed E-state index contributed by atoms with van der Waals surface area (Å²) in [4.78, 5) is 0. The van der Waals surface area contributed by atoms with Crippen LogP contribution in [-0.2, 0) is 5.41 Å². The van der Waals surface area contributed by atoms with Crippen molar-refractivity contribution in [3.63, 3.8) is 0 Å². The topological polar surface area (TPSA) is 26.0 Å². The van der Waals surface area contributed by atoms with E-state index in [2.05, 4.69) is 31.5 Å². The molecule has 1 aliphatic carbocycles. The maximum Gasteiger partial charge on any atom is 0.0195 e. The maximum absolute atomic E-state index is 6.24. The number of nitrogens with two attached hydrogens (primary N) is 1. The Bertz CT molecular complexity index is 315. The molecule has 0 saturated heterocycles. The van der Waals surface area contributed by atoms with Crippen molar-refractivity contribution in [1.82, 2.24) is 0 Å². The number of rotatable bonds is 2. The summed E-state index contributed by atoms with van der Waals surface area (Å²) in [7, 11) is 0. The highest BCUT2D eigenvalue weighted by Crippen LogP contribution is 2.56. The van der Waals surface area contributed by atoms with E-state index in [1.54, 1.807) is 11.3 Å². The van der Waals surface area contributed by atoms with Gasteiger partial charge in [0.1, 0.15) is 0 Å². The summed E-state index contributed by atoms with van der Waals surface area (Å²) in [5, 5.41) is 4.50. The summed E-state index contributed by atoms with van der Waals surface area (Å²) in [6.07, 6.45) is 2.52. The second kappa shape index (κ2) is 2.58. The minimum atomic E-state index is -0.0706. The molecule has 1 fully saturated rings. The molecular formula is C11H17NS. The van der Waals surface area contributed by atoms with Gasteiger partial charge in [0.15, 0.2) is 0 Å². The normalized spacial score (nSPS) is 20.3. The quantitative estimate of drug-likeness (QED) is 0.771. The van der Waals surface area contributed by atoms with Crippen molar-refractivity contribution in [2.75, 3.05) is 0 Å². The third kappa shape index (κ3) is 1.24. The van der Waals surface area contributed by atoms with Gasteiger partial charge in [-0.05, 0) is 55.5 Å². The smallest absolute Gasteiger partial charge is 0.0195 e. The van der Waals surface area contributed by atoms with Gasteiger partial charge in [-0.25, -0.2) is 0 Å². The van der Waals surface area contributed by atoms with Gasteiger partial charge in [0.05, 0.1) is 0 Å². The summed E-state index contributed by atoms with van der Waals surface area (Å²) >= 11 is 1.79. The van der Waals surface area contributed by atoms with Crippen LogP contribution in [0.4, 0.5) is 0 Å². The van der Waals surface area contributed by atoms with Gasteiger partial charge in [-0.1, -0.05) is 0 Å². The first kappa shape index (κ1) is 9.22. The van der Waals surface area contributed by atoms with E-state index in [1.165, 1.54) is 24.0 Å². The zero-order valence-electron chi connectivity index (χ0n) is 8.55. The molecule has 0 unspecified atom stereocenters. The van der Waals surface area contributed by atoms with E-state index in [0.29, 0.717) is 0 Å². The standard InChI is InChI=1S/C11H17NS/c1-8-6-13-7-9(8)11(4-5-11)10(2,3)12/h6-7H,4-5,12H2,1-3H3. The van der Waals surface area contributed by atoms with Crippen LogP contribution in [0.3, 0.4) is 0 Å². The van der Waals surface area contributed by atoms with Gasteiger partial charge >= 0.3 is 0 Å². The molecule has 72 valence electrons. The van der Waals surface area contributed by atoms with Crippen molar-refractivity contribution < 1.29 is 0 Å². The third-order valence-corrected chi connectivity index (χ3v) is 4.22. The summed E-state index contributed by atoms with van der Waals surface area (Å²) in [6, 6.07) is 0. The summed E-state index contributed by atoms with van der Waals surface area (Å²) in [6.45, 7) is 6.49. The Labute approximate surface area is 84.0 Å². The fourth-order valence-corrected chi connectivity index (χ4v) is 3.18. The monoisotopic (exact) mass is 195 g/mol. The van der Waals surface area contributed by atoms with Gasteiger partial charge in [0.25, 0.3) is 0 Å². The van der Waals surface area contributed by atoms with E-state index >= 15 is 0 Å². The van der Waals surface area contributed by atoms with E-state index in [4.69, 9.17) is 5.73 Å². The molecule has 1 nitrogen and oxygen atoms in total. The average molecular weight is 195 g/mol. The van der Waals surface area contributed by atoms with E-state index in [1.807, 2.05) is 0 Å². The summed E-state index contributed by atoms with van der Waals surface area (Å²) in [5.41, 5.74) is 9.37. The molecule has 1 aliphatic rings. The number of hydrogen-bond acceptors (Lipinski definition) is 2. The van der Waals surface area contributed by atoms with E-state index in [0.717, 1.165) is 0 Å². The highest BCUT2D eigenvalue weighted by molar-refractivity contribution is 7.08. The predicted octanol–water partition coefficient (Wildman–Crippen LogP) is 2.83. The minimum Gasteiger partial charge on any atom is -0.325 e. The van der Waals surface area contributed by atoms with Crippen molar-refractivity contribution >= 4 is 11.3 Å². The second-order valence-electron chi connectivity index (χ2n) is 4.77. The lowest BCUT2D eigenvalue weighted by Crippen LogP contribution is -2.45. The first-order valence-corrected chi connectivity index (χ1v) is 5.74. The van der Waals surface area contributed by atoms with E-state index in [9.17, 15) is 0 Å². The fourth-order valence-electron chi connectivity index (χ4n) is 2.24. The SMILES string of the molecule is Cc1cscc1C1(C(C)(C)N)CC1. The Morgan fingerprint density at radius 2 is 2.00 bits per heavy atom. The Balaban J connectivity index is 2.42. The van der Waals surface area contributed by atoms with E-state index < -0.39 is 0 Å². The Kier molecular flexibility index (Phi) is 1.83. The molecular weight excluding hydrogens is 178 g/mol. The second-order valence-corrected chi connectivity index (χ2v) is 5.52. The lowest BCUT2D eigenvalue weighted by molar-refractivity contribution is 0.391. The third-order valence-electron chi connectivity index (χ3n) is 3.35. The molecule has 0 amide bonds. The van der Waals surface area contributed by atoms with Crippen LogP contribution in [-0.4, -0.2) is 5.54 Å². The Hall–Kier alpha value is -0.340. The number of aryl methyl sites for hydroxylation is 1. The van der Waals surface area contributed by atoms with Crippen LogP contribution in [0.25, 0.3) is 0 Å². The first-order chi connectivity index (χ1) is 5.97. The van der Waals surface area contributed by atoms with Crippen LogP contribution in [0.1, 0.15) is 37.8 Å². The van der Waals surface area contributed by atoms with Crippen molar-refractivity contribution in [3.05, 3.63) is 21.9 Å². The van der Waals surface area contributed by atoms with Gasteiger partial charge in [-0.15, -0.1) is 0 Å². The molecule has 13 heavy (non-hydrogen) atoms. The van der Waals surface area contributed by atoms with Crippen LogP contribution in [0.15, 0.2) is 10.8 Å². The molecule has 0 aromatic carbocycles. The van der Waals surface area contributed by atoms with Crippen molar-refractivity contribution in [3.8, 4) is 0 Å². The van der Waals surface area contributed by atoms with Crippen molar-refractivity contribution in [1.29, 1.82) is 0 Å². The van der Waals surface area contributed by atoms with Gasteiger partial charge < -0.3 is 5.73 Å². The molecule has 1 aromatic heterocycles. The molecule has 1 saturated carbocycles. The largest absolute Gasteiger partial charge is 0.325 e. The number of thiophene rings is 1. The number of hydrogen-bond donors (Lipinski definition) is 1. The van der Waals surface area contributed by atoms with Gasteiger partial charge in [-0.3, -0.25) is 0 Å². The van der Waals surface area contributed by atoms with Crippen molar-refractivity contribution in [2.24, 2.45) is 5.73 Å². The fraction of sp³-hybridized carbons (Fsp3) is 0.636. The lowest BCUT2D eigenvalue weighted by Gasteiger charge is -2.31. The Morgan fingerprint density at radius 1 is 1.38 bits per heavy atom. The molecule has 0 bridgehead atoms. The zero-order chi connectivity index (χ0) is 9.69. The molecule has 1 heterocycles. The van der Waals surface area contributed by atoms with Gasteiger partial charge in [0, 0.05) is 11.0 Å². The van der Waals surface area contributed by atoms with E-state index in [-0.39, 0.29) is 11.0 Å². The highest BCUT2D eigenvalue weighted by atomic mass is 32.1. The first-order valence-electron chi connectivity index (χ1n) is 4.79.